The Morgan fingerprint density at radius 1 is 0.848 bits per heavy atom. The predicted molar refractivity (Wildman–Crippen MR) is 136 cm³/mol. The first kappa shape index (κ1) is 22.7. The van der Waals surface area contributed by atoms with Gasteiger partial charge in [-0.3, -0.25) is 14.7 Å². The third kappa shape index (κ3) is 5.29. The van der Waals surface area contributed by atoms with Crippen molar-refractivity contribution >= 4 is 16.8 Å². The first-order valence-electron chi connectivity index (χ1n) is 11.7. The molecular weight excluding hydrogens is 406 g/mol. The van der Waals surface area contributed by atoms with Gasteiger partial charge in [0.2, 0.25) is 0 Å². The maximum atomic E-state index is 13.5. The predicted octanol–water partition coefficient (Wildman–Crippen LogP) is 6.06. The monoisotopic (exact) mass is 437 g/mol. The Bertz CT molecular complexity index is 1210. The summed E-state index contributed by atoms with van der Waals surface area (Å²) in [4.78, 5) is 20.9. The van der Waals surface area contributed by atoms with E-state index in [4.69, 9.17) is 4.98 Å². The summed E-state index contributed by atoms with van der Waals surface area (Å²) < 4.78 is 0. The zero-order valence-electron chi connectivity index (χ0n) is 19.4. The number of carbonyl (C=O) groups is 1. The van der Waals surface area contributed by atoms with Gasteiger partial charge in [0.1, 0.15) is 0 Å². The SMILES string of the molecule is CCCNC(=O)c1c(CN(CC)Cc2ccccc2)nc2ccccc2c1-c1ccccc1. The molecule has 4 aromatic rings. The van der Waals surface area contributed by atoms with Crippen molar-refractivity contribution in [2.45, 2.75) is 33.4 Å². The second-order valence-corrected chi connectivity index (χ2v) is 8.24. The molecule has 1 N–H and O–H groups in total. The van der Waals surface area contributed by atoms with Gasteiger partial charge < -0.3 is 5.32 Å². The maximum Gasteiger partial charge on any atom is 0.253 e. The molecule has 1 heterocycles. The number of hydrogen-bond donors (Lipinski definition) is 1. The summed E-state index contributed by atoms with van der Waals surface area (Å²) in [5.41, 5.74) is 5.65. The largest absolute Gasteiger partial charge is 0.352 e. The van der Waals surface area contributed by atoms with E-state index in [0.29, 0.717) is 18.7 Å². The molecule has 0 fully saturated rings. The summed E-state index contributed by atoms with van der Waals surface area (Å²) in [5, 5.41) is 4.11. The van der Waals surface area contributed by atoms with Gasteiger partial charge in [-0.25, -0.2) is 0 Å². The van der Waals surface area contributed by atoms with Crippen molar-refractivity contribution in [2.24, 2.45) is 0 Å². The lowest BCUT2D eigenvalue weighted by Gasteiger charge is -2.23. The van der Waals surface area contributed by atoms with Crippen LogP contribution in [0.5, 0.6) is 0 Å². The Labute approximate surface area is 196 Å². The van der Waals surface area contributed by atoms with Crippen molar-refractivity contribution in [3.8, 4) is 11.1 Å². The van der Waals surface area contributed by atoms with Gasteiger partial charge in [0.15, 0.2) is 0 Å². The number of carbonyl (C=O) groups excluding carboxylic acids is 1. The molecule has 168 valence electrons. The van der Waals surface area contributed by atoms with Crippen LogP contribution < -0.4 is 5.32 Å². The topological polar surface area (TPSA) is 45.2 Å². The fraction of sp³-hybridized carbons (Fsp3) is 0.241. The number of hydrogen-bond acceptors (Lipinski definition) is 3. The molecule has 0 aliphatic rings. The number of amides is 1. The van der Waals surface area contributed by atoms with Gasteiger partial charge in [0, 0.05) is 30.6 Å². The number of nitrogens with zero attached hydrogens (tertiary/aromatic N) is 2. The van der Waals surface area contributed by atoms with Gasteiger partial charge in [-0.2, -0.15) is 0 Å². The quantitative estimate of drug-likeness (QED) is 0.346. The van der Waals surface area contributed by atoms with Gasteiger partial charge >= 0.3 is 0 Å². The molecule has 1 amide bonds. The minimum atomic E-state index is -0.0558. The van der Waals surface area contributed by atoms with Crippen molar-refractivity contribution in [1.82, 2.24) is 15.2 Å². The van der Waals surface area contributed by atoms with E-state index in [1.165, 1.54) is 5.56 Å². The second kappa shape index (κ2) is 10.9. The van der Waals surface area contributed by atoms with Gasteiger partial charge in [-0.05, 0) is 30.2 Å². The summed E-state index contributed by atoms with van der Waals surface area (Å²) in [5.74, 6) is -0.0558. The smallest absolute Gasteiger partial charge is 0.253 e. The summed E-state index contributed by atoms with van der Waals surface area (Å²) in [6.07, 6.45) is 0.887. The lowest BCUT2D eigenvalue weighted by molar-refractivity contribution is 0.0951. The average molecular weight is 438 g/mol. The molecule has 0 spiro atoms. The number of benzene rings is 3. The third-order valence-corrected chi connectivity index (χ3v) is 5.86. The molecule has 0 saturated carbocycles. The van der Waals surface area contributed by atoms with Crippen LogP contribution in [0.4, 0.5) is 0 Å². The lowest BCUT2D eigenvalue weighted by Crippen LogP contribution is -2.29. The van der Waals surface area contributed by atoms with Crippen LogP contribution in [0.2, 0.25) is 0 Å². The zero-order valence-corrected chi connectivity index (χ0v) is 19.4. The highest BCUT2D eigenvalue weighted by Crippen LogP contribution is 2.34. The first-order chi connectivity index (χ1) is 16.2. The zero-order chi connectivity index (χ0) is 23.0. The van der Waals surface area contributed by atoms with Gasteiger partial charge in [-0.15, -0.1) is 0 Å². The van der Waals surface area contributed by atoms with E-state index in [1.54, 1.807) is 0 Å². The maximum absolute atomic E-state index is 13.5. The summed E-state index contributed by atoms with van der Waals surface area (Å²) >= 11 is 0. The molecule has 33 heavy (non-hydrogen) atoms. The van der Waals surface area contributed by atoms with Crippen LogP contribution in [0.1, 0.15) is 41.9 Å². The number of fused-ring (bicyclic) bond motifs is 1. The standard InChI is InChI=1S/C29H31N3O/c1-3-19-30-29(33)28-26(21-32(4-2)20-22-13-7-5-8-14-22)31-25-18-12-11-17-24(25)27(28)23-15-9-6-10-16-23/h5-18H,3-4,19-21H2,1-2H3,(H,30,33). The van der Waals surface area contributed by atoms with E-state index >= 15 is 0 Å². The van der Waals surface area contributed by atoms with Crippen LogP contribution in [0.3, 0.4) is 0 Å². The van der Waals surface area contributed by atoms with Crippen LogP contribution >= 0.6 is 0 Å². The fourth-order valence-corrected chi connectivity index (χ4v) is 4.19. The highest BCUT2D eigenvalue weighted by Gasteiger charge is 2.23. The van der Waals surface area contributed by atoms with Gasteiger partial charge in [0.05, 0.1) is 16.8 Å². The van der Waals surface area contributed by atoms with E-state index < -0.39 is 0 Å². The van der Waals surface area contributed by atoms with Gasteiger partial charge in [0.25, 0.3) is 5.91 Å². The van der Waals surface area contributed by atoms with Gasteiger partial charge in [-0.1, -0.05) is 92.7 Å². The summed E-state index contributed by atoms with van der Waals surface area (Å²) in [7, 11) is 0. The molecule has 3 aromatic carbocycles. The summed E-state index contributed by atoms with van der Waals surface area (Å²) in [6, 6.07) is 28.7. The first-order valence-corrected chi connectivity index (χ1v) is 11.7. The Hall–Kier alpha value is -3.50. The third-order valence-electron chi connectivity index (χ3n) is 5.86. The van der Waals surface area contributed by atoms with E-state index in [-0.39, 0.29) is 5.91 Å². The Balaban J connectivity index is 1.86. The normalized spacial score (nSPS) is 11.1. The molecule has 0 radical (unpaired) electrons. The molecule has 1 aromatic heterocycles. The number of pyridine rings is 1. The Kier molecular flexibility index (Phi) is 7.48. The minimum Gasteiger partial charge on any atom is -0.352 e. The molecule has 4 nitrogen and oxygen atoms in total. The van der Waals surface area contributed by atoms with E-state index in [1.807, 2.05) is 42.5 Å². The fourth-order valence-electron chi connectivity index (χ4n) is 4.19. The molecule has 0 atom stereocenters. The van der Waals surface area contributed by atoms with E-state index in [2.05, 4.69) is 66.5 Å². The highest BCUT2D eigenvalue weighted by atomic mass is 16.1. The van der Waals surface area contributed by atoms with E-state index in [9.17, 15) is 4.79 Å². The lowest BCUT2D eigenvalue weighted by atomic mass is 9.93. The van der Waals surface area contributed by atoms with Crippen molar-refractivity contribution in [1.29, 1.82) is 0 Å². The molecule has 0 bridgehead atoms. The molecule has 0 unspecified atom stereocenters. The average Bonchev–Trinajstić information content (AvgIpc) is 2.87. The molecular formula is C29H31N3O. The van der Waals surface area contributed by atoms with Crippen molar-refractivity contribution in [3.05, 3.63) is 102 Å². The Morgan fingerprint density at radius 2 is 1.52 bits per heavy atom. The molecule has 4 heteroatoms. The Morgan fingerprint density at radius 3 is 2.21 bits per heavy atom. The number of para-hydroxylation sites is 1. The molecule has 0 aliphatic heterocycles. The van der Waals surface area contributed by atoms with Crippen LogP contribution in [0.15, 0.2) is 84.9 Å². The van der Waals surface area contributed by atoms with Crippen LogP contribution in [0, 0.1) is 0 Å². The minimum absolute atomic E-state index is 0.0558. The number of aromatic nitrogens is 1. The number of nitrogens with one attached hydrogen (secondary N) is 1. The van der Waals surface area contributed by atoms with Crippen LogP contribution in [-0.2, 0) is 13.1 Å². The van der Waals surface area contributed by atoms with Crippen molar-refractivity contribution in [3.63, 3.8) is 0 Å². The molecule has 0 aliphatic carbocycles. The highest BCUT2D eigenvalue weighted by molar-refractivity contribution is 6.09. The number of rotatable bonds is 9. The van der Waals surface area contributed by atoms with Crippen molar-refractivity contribution < 1.29 is 4.79 Å². The second-order valence-electron chi connectivity index (χ2n) is 8.24. The molecule has 0 saturated heterocycles. The van der Waals surface area contributed by atoms with E-state index in [0.717, 1.165) is 47.2 Å². The van der Waals surface area contributed by atoms with Crippen molar-refractivity contribution in [2.75, 3.05) is 13.1 Å². The van der Waals surface area contributed by atoms with Crippen LogP contribution in [0.25, 0.3) is 22.0 Å². The van der Waals surface area contributed by atoms with Crippen LogP contribution in [-0.4, -0.2) is 28.9 Å². The summed E-state index contributed by atoms with van der Waals surface area (Å²) in [6.45, 7) is 7.13. The molecule has 4 rings (SSSR count).